The number of nitrogens with zero attached hydrogens (tertiary/aromatic N) is 1. The van der Waals surface area contributed by atoms with Gasteiger partial charge < -0.3 is 19.5 Å². The summed E-state index contributed by atoms with van der Waals surface area (Å²) in [5.74, 6) is -1.19. The number of Topliss-reactive ketones (excluding diaryl/α,β-unsaturated/α-hetero) is 1. The molecule has 3 aromatic carbocycles. The van der Waals surface area contributed by atoms with Gasteiger partial charge in [-0.15, -0.1) is 0 Å². The summed E-state index contributed by atoms with van der Waals surface area (Å²) in [5.41, 5.74) is 2.85. The van der Waals surface area contributed by atoms with Crippen LogP contribution in [0.15, 0.2) is 72.3 Å². The molecule has 1 amide bonds. The summed E-state index contributed by atoms with van der Waals surface area (Å²) in [7, 11) is 0. The summed E-state index contributed by atoms with van der Waals surface area (Å²) >= 11 is 0. The van der Waals surface area contributed by atoms with Gasteiger partial charge in [0.1, 0.15) is 23.1 Å². The fourth-order valence-electron chi connectivity index (χ4n) is 4.90. The van der Waals surface area contributed by atoms with Gasteiger partial charge in [0.25, 0.3) is 11.7 Å². The van der Waals surface area contributed by atoms with Crippen molar-refractivity contribution >= 4 is 17.4 Å². The highest BCUT2D eigenvalue weighted by molar-refractivity contribution is 6.46. The molecule has 0 aromatic heterocycles. The first-order valence-electron chi connectivity index (χ1n) is 13.6. The van der Waals surface area contributed by atoms with Crippen molar-refractivity contribution < 1.29 is 28.6 Å². The Morgan fingerprint density at radius 2 is 1.57 bits per heavy atom. The average Bonchev–Trinajstić information content (AvgIpc) is 3.17. The van der Waals surface area contributed by atoms with E-state index in [0.717, 1.165) is 11.1 Å². The van der Waals surface area contributed by atoms with Gasteiger partial charge >= 0.3 is 0 Å². The van der Waals surface area contributed by atoms with E-state index in [1.807, 2.05) is 38.1 Å². The van der Waals surface area contributed by atoms with Gasteiger partial charge in [-0.2, -0.15) is 0 Å². The zero-order chi connectivity index (χ0) is 29.0. The highest BCUT2D eigenvalue weighted by atomic mass is 19.1. The minimum Gasteiger partial charge on any atom is -0.507 e. The fourth-order valence-corrected chi connectivity index (χ4v) is 4.90. The summed E-state index contributed by atoms with van der Waals surface area (Å²) in [4.78, 5) is 28.4. The first-order chi connectivity index (χ1) is 19.0. The van der Waals surface area contributed by atoms with Crippen LogP contribution in [-0.4, -0.2) is 41.5 Å². The van der Waals surface area contributed by atoms with Gasteiger partial charge in [-0.1, -0.05) is 57.2 Å². The lowest BCUT2D eigenvalue weighted by Crippen LogP contribution is -2.31. The van der Waals surface area contributed by atoms with Gasteiger partial charge in [0.15, 0.2) is 0 Å². The number of aliphatic hydroxyl groups excluding tert-OH is 1. The molecule has 1 saturated heterocycles. The average molecular weight is 546 g/mol. The number of hydrogen-bond acceptors (Lipinski definition) is 5. The van der Waals surface area contributed by atoms with Gasteiger partial charge in [-0.25, -0.2) is 4.39 Å². The molecule has 0 bridgehead atoms. The summed E-state index contributed by atoms with van der Waals surface area (Å²) in [5, 5.41) is 11.6. The fraction of sp³-hybridized carbons (Fsp3) is 0.333. The lowest BCUT2D eigenvalue weighted by Gasteiger charge is -2.27. The van der Waals surface area contributed by atoms with Crippen LogP contribution in [0, 0.1) is 5.82 Å². The van der Waals surface area contributed by atoms with E-state index >= 15 is 0 Å². The maximum Gasteiger partial charge on any atom is 0.295 e. The van der Waals surface area contributed by atoms with Crippen LogP contribution in [0.4, 0.5) is 4.39 Å². The number of carbonyl (C=O) groups is 2. The Kier molecular flexibility index (Phi) is 8.62. The van der Waals surface area contributed by atoms with E-state index in [2.05, 4.69) is 20.8 Å². The van der Waals surface area contributed by atoms with E-state index in [-0.39, 0.29) is 29.1 Å². The molecule has 6 nitrogen and oxygen atoms in total. The maximum atomic E-state index is 13.5. The molecular formula is C33H36FNO5. The first-order valence-corrected chi connectivity index (χ1v) is 13.6. The number of likely N-dealkylation sites (tertiary alicyclic amines) is 1. The molecule has 1 unspecified atom stereocenters. The standard InChI is InChI=1S/C33H36FNO5/c1-6-39-25-16-17-26(27(20-25)40-7-2)30(36)28-29(22-10-12-23(13-11-22)33(3,4)5)35(32(38)31(28)37)19-18-21-8-14-24(34)15-9-21/h8-17,20,29,36H,6-7,18-19H2,1-5H3/b30-28-. The van der Waals surface area contributed by atoms with Crippen LogP contribution < -0.4 is 9.47 Å². The van der Waals surface area contributed by atoms with Gasteiger partial charge in [0.05, 0.1) is 30.4 Å². The Morgan fingerprint density at radius 1 is 0.925 bits per heavy atom. The molecule has 1 fully saturated rings. The second-order valence-electron chi connectivity index (χ2n) is 10.8. The number of ketones is 1. The highest BCUT2D eigenvalue weighted by Gasteiger charge is 2.46. The smallest absolute Gasteiger partial charge is 0.295 e. The predicted octanol–water partition coefficient (Wildman–Crippen LogP) is 6.59. The van der Waals surface area contributed by atoms with E-state index in [1.54, 1.807) is 30.3 Å². The summed E-state index contributed by atoms with van der Waals surface area (Å²) in [6.45, 7) is 11.0. The molecule has 7 heteroatoms. The van der Waals surface area contributed by atoms with Gasteiger partial charge in [0, 0.05) is 12.6 Å². The van der Waals surface area contributed by atoms with Crippen LogP contribution in [-0.2, 0) is 21.4 Å². The zero-order valence-corrected chi connectivity index (χ0v) is 23.7. The molecule has 1 atom stereocenters. The number of aliphatic hydroxyl groups is 1. The molecule has 1 aliphatic rings. The molecule has 1 N–H and O–H groups in total. The molecule has 0 saturated carbocycles. The van der Waals surface area contributed by atoms with E-state index < -0.39 is 17.7 Å². The van der Waals surface area contributed by atoms with Crippen LogP contribution in [0.2, 0.25) is 0 Å². The summed E-state index contributed by atoms with van der Waals surface area (Å²) in [6.07, 6.45) is 0.414. The zero-order valence-electron chi connectivity index (χ0n) is 23.7. The van der Waals surface area contributed by atoms with Crippen LogP contribution in [0.1, 0.15) is 62.9 Å². The van der Waals surface area contributed by atoms with E-state index in [9.17, 15) is 19.1 Å². The Labute approximate surface area is 235 Å². The van der Waals surface area contributed by atoms with Crippen LogP contribution in [0.25, 0.3) is 5.76 Å². The lowest BCUT2D eigenvalue weighted by atomic mass is 9.85. The molecule has 0 spiro atoms. The number of carbonyl (C=O) groups excluding carboxylic acids is 2. The van der Waals surface area contributed by atoms with Crippen molar-refractivity contribution in [2.24, 2.45) is 0 Å². The van der Waals surface area contributed by atoms with Crippen molar-refractivity contribution in [3.05, 3.63) is 100 Å². The third kappa shape index (κ3) is 6.03. The predicted molar refractivity (Wildman–Crippen MR) is 153 cm³/mol. The summed E-state index contributed by atoms with van der Waals surface area (Å²) in [6, 6.07) is 18.0. The van der Waals surface area contributed by atoms with Crippen molar-refractivity contribution in [3.63, 3.8) is 0 Å². The lowest BCUT2D eigenvalue weighted by molar-refractivity contribution is -0.139. The van der Waals surface area contributed by atoms with E-state index in [1.165, 1.54) is 17.0 Å². The van der Waals surface area contributed by atoms with Crippen LogP contribution in [0.5, 0.6) is 11.5 Å². The molecule has 0 radical (unpaired) electrons. The molecular weight excluding hydrogens is 509 g/mol. The molecule has 0 aliphatic carbocycles. The molecule has 3 aromatic rings. The normalized spacial score (nSPS) is 16.9. The quantitative estimate of drug-likeness (QED) is 0.187. The monoisotopic (exact) mass is 545 g/mol. The Hall–Kier alpha value is -4.13. The molecule has 1 aliphatic heterocycles. The Bertz CT molecular complexity index is 1400. The minimum atomic E-state index is -0.810. The number of hydrogen-bond donors (Lipinski definition) is 1. The molecule has 1 heterocycles. The van der Waals surface area contributed by atoms with Crippen molar-refractivity contribution in [1.29, 1.82) is 0 Å². The van der Waals surface area contributed by atoms with Crippen LogP contribution >= 0.6 is 0 Å². The topological polar surface area (TPSA) is 76.1 Å². The first kappa shape index (κ1) is 28.9. The summed E-state index contributed by atoms with van der Waals surface area (Å²) < 4.78 is 24.8. The van der Waals surface area contributed by atoms with Gasteiger partial charge in [-0.3, -0.25) is 9.59 Å². The van der Waals surface area contributed by atoms with E-state index in [4.69, 9.17) is 9.47 Å². The second kappa shape index (κ2) is 11.9. The van der Waals surface area contributed by atoms with Gasteiger partial charge in [0.2, 0.25) is 0 Å². The number of amides is 1. The molecule has 210 valence electrons. The highest BCUT2D eigenvalue weighted by Crippen LogP contribution is 2.42. The molecule has 4 rings (SSSR count). The second-order valence-corrected chi connectivity index (χ2v) is 10.8. The third-order valence-corrected chi connectivity index (χ3v) is 7.01. The number of ether oxygens (including phenoxy) is 2. The van der Waals surface area contributed by atoms with Gasteiger partial charge in [-0.05, 0) is 66.6 Å². The Balaban J connectivity index is 1.82. The van der Waals surface area contributed by atoms with Crippen molar-refractivity contribution in [3.8, 4) is 11.5 Å². The molecule has 40 heavy (non-hydrogen) atoms. The SMILES string of the molecule is CCOc1ccc(/C(O)=C2/C(=O)C(=O)N(CCc3ccc(F)cc3)C2c2ccc(C(C)(C)C)cc2)c(OCC)c1. The number of benzene rings is 3. The minimum absolute atomic E-state index is 0.00210. The third-order valence-electron chi connectivity index (χ3n) is 7.01. The van der Waals surface area contributed by atoms with Crippen molar-refractivity contribution in [2.45, 2.75) is 52.5 Å². The van der Waals surface area contributed by atoms with E-state index in [0.29, 0.717) is 42.3 Å². The Morgan fingerprint density at radius 3 is 2.17 bits per heavy atom. The number of halogens is 1. The van der Waals surface area contributed by atoms with Crippen molar-refractivity contribution in [1.82, 2.24) is 4.90 Å². The van der Waals surface area contributed by atoms with Crippen LogP contribution in [0.3, 0.4) is 0 Å². The maximum absolute atomic E-state index is 13.5. The van der Waals surface area contributed by atoms with Crippen molar-refractivity contribution in [2.75, 3.05) is 19.8 Å². The number of rotatable bonds is 9. The largest absolute Gasteiger partial charge is 0.507 e.